The van der Waals surface area contributed by atoms with Gasteiger partial charge in [-0.1, -0.05) is 71.9 Å². The highest BCUT2D eigenvalue weighted by Crippen LogP contribution is 2.30. The lowest BCUT2D eigenvalue weighted by atomic mass is 9.91. The maximum atomic E-state index is 14.0. The number of piperidine rings is 1. The third-order valence-electron chi connectivity index (χ3n) is 7.55. The standard InChI is InChI=1S/C29H36N4O2/c1-21-10-14-23(15-11-21)28-30-27(35-31-28)20-33(26-8-4-3-5-9-26)29(34)24-7-6-18-32(19-24)25-16-12-22(2)13-17-25/h10-17,24,26H,3-9,18-20H2,1-2H3. The highest BCUT2D eigenvalue weighted by atomic mass is 16.5. The summed E-state index contributed by atoms with van der Waals surface area (Å²) in [7, 11) is 0. The molecule has 1 aliphatic heterocycles. The molecule has 2 aliphatic rings. The number of benzene rings is 2. The van der Waals surface area contributed by atoms with Crippen molar-refractivity contribution in [2.24, 2.45) is 5.92 Å². The van der Waals surface area contributed by atoms with Gasteiger partial charge in [0.15, 0.2) is 0 Å². The highest BCUT2D eigenvalue weighted by Gasteiger charge is 2.34. The monoisotopic (exact) mass is 472 g/mol. The Balaban J connectivity index is 1.33. The number of carbonyl (C=O) groups excluding carboxylic acids is 1. The maximum Gasteiger partial charge on any atom is 0.246 e. The van der Waals surface area contributed by atoms with Crippen LogP contribution >= 0.6 is 0 Å². The molecule has 35 heavy (non-hydrogen) atoms. The number of anilines is 1. The number of aryl methyl sites for hydroxylation is 2. The van der Waals surface area contributed by atoms with E-state index in [-0.39, 0.29) is 17.9 Å². The van der Waals surface area contributed by atoms with Crippen LogP contribution in [0, 0.1) is 19.8 Å². The lowest BCUT2D eigenvalue weighted by Crippen LogP contribution is -2.48. The smallest absolute Gasteiger partial charge is 0.246 e. The van der Waals surface area contributed by atoms with Crippen molar-refractivity contribution < 1.29 is 9.32 Å². The van der Waals surface area contributed by atoms with Gasteiger partial charge in [-0.3, -0.25) is 4.79 Å². The van der Waals surface area contributed by atoms with E-state index < -0.39 is 0 Å². The van der Waals surface area contributed by atoms with Crippen molar-refractivity contribution in [3.05, 3.63) is 65.5 Å². The van der Waals surface area contributed by atoms with Crippen LogP contribution in [0.4, 0.5) is 5.69 Å². The van der Waals surface area contributed by atoms with E-state index in [9.17, 15) is 4.79 Å². The minimum absolute atomic E-state index is 0.00790. The number of hydrogen-bond donors (Lipinski definition) is 0. The fourth-order valence-electron chi connectivity index (χ4n) is 5.47. The molecule has 5 rings (SSSR count). The highest BCUT2D eigenvalue weighted by molar-refractivity contribution is 5.80. The molecule has 1 atom stereocenters. The third-order valence-corrected chi connectivity index (χ3v) is 7.55. The molecule has 6 nitrogen and oxygen atoms in total. The second-order valence-electron chi connectivity index (χ2n) is 10.3. The molecule has 6 heteroatoms. The number of carbonyl (C=O) groups is 1. The number of rotatable bonds is 6. The second kappa shape index (κ2) is 10.6. The first kappa shape index (κ1) is 23.6. The molecular weight excluding hydrogens is 436 g/mol. The molecule has 0 N–H and O–H groups in total. The van der Waals surface area contributed by atoms with Gasteiger partial charge in [-0.25, -0.2) is 0 Å². The minimum Gasteiger partial charge on any atom is -0.371 e. The van der Waals surface area contributed by atoms with Crippen molar-refractivity contribution in [1.82, 2.24) is 15.0 Å². The van der Waals surface area contributed by atoms with Gasteiger partial charge in [0.25, 0.3) is 0 Å². The van der Waals surface area contributed by atoms with Crippen LogP contribution in [-0.2, 0) is 11.3 Å². The molecule has 2 heterocycles. The Labute approximate surface area is 208 Å². The number of amides is 1. The van der Waals surface area contributed by atoms with Gasteiger partial charge in [-0.2, -0.15) is 4.98 Å². The first-order valence-electron chi connectivity index (χ1n) is 13.1. The molecule has 1 amide bonds. The van der Waals surface area contributed by atoms with E-state index in [2.05, 4.69) is 58.1 Å². The minimum atomic E-state index is -0.00790. The predicted octanol–water partition coefficient (Wildman–Crippen LogP) is 5.93. The Kier molecular flexibility index (Phi) is 7.16. The van der Waals surface area contributed by atoms with E-state index in [0.29, 0.717) is 18.3 Å². The normalized spacial score (nSPS) is 19.0. The zero-order chi connectivity index (χ0) is 24.2. The molecule has 3 aromatic rings. The van der Waals surface area contributed by atoms with Crippen LogP contribution in [0.15, 0.2) is 53.1 Å². The van der Waals surface area contributed by atoms with Gasteiger partial charge in [0.05, 0.1) is 5.92 Å². The van der Waals surface area contributed by atoms with Gasteiger partial charge >= 0.3 is 0 Å². The Morgan fingerprint density at radius 1 is 0.943 bits per heavy atom. The van der Waals surface area contributed by atoms with Gasteiger partial charge < -0.3 is 14.3 Å². The van der Waals surface area contributed by atoms with Gasteiger partial charge in [0.1, 0.15) is 6.54 Å². The first-order chi connectivity index (χ1) is 17.1. The zero-order valence-electron chi connectivity index (χ0n) is 20.9. The summed E-state index contributed by atoms with van der Waals surface area (Å²) in [4.78, 5) is 23.0. The van der Waals surface area contributed by atoms with Crippen LogP contribution in [0.1, 0.15) is 62.0 Å². The van der Waals surface area contributed by atoms with E-state index in [0.717, 1.165) is 44.3 Å². The zero-order valence-corrected chi connectivity index (χ0v) is 20.9. The van der Waals surface area contributed by atoms with Crippen molar-refractivity contribution in [2.45, 2.75) is 71.4 Å². The molecule has 0 bridgehead atoms. The van der Waals surface area contributed by atoms with Gasteiger partial charge in [0, 0.05) is 30.4 Å². The summed E-state index contributed by atoms with van der Waals surface area (Å²) < 4.78 is 5.64. The molecule has 0 spiro atoms. The Hall–Kier alpha value is -3.15. The molecule has 2 aromatic carbocycles. The van der Waals surface area contributed by atoms with E-state index >= 15 is 0 Å². The van der Waals surface area contributed by atoms with Crippen molar-refractivity contribution in [3.63, 3.8) is 0 Å². The molecule has 1 saturated carbocycles. The van der Waals surface area contributed by atoms with Crippen molar-refractivity contribution in [1.29, 1.82) is 0 Å². The summed E-state index contributed by atoms with van der Waals surface area (Å²) >= 11 is 0. The topological polar surface area (TPSA) is 62.5 Å². The molecule has 1 aromatic heterocycles. The van der Waals surface area contributed by atoms with E-state index in [1.165, 1.54) is 36.1 Å². The lowest BCUT2D eigenvalue weighted by Gasteiger charge is -2.39. The maximum absolute atomic E-state index is 14.0. The SMILES string of the molecule is Cc1ccc(-c2noc(CN(C(=O)C3CCCN(c4ccc(C)cc4)C3)C3CCCCC3)n2)cc1. The summed E-state index contributed by atoms with van der Waals surface area (Å²) in [6.07, 6.45) is 7.67. The average Bonchev–Trinajstić information content (AvgIpc) is 3.37. The number of aromatic nitrogens is 2. The first-order valence-corrected chi connectivity index (χ1v) is 13.1. The van der Waals surface area contributed by atoms with Crippen LogP contribution in [0.3, 0.4) is 0 Å². The summed E-state index contributed by atoms with van der Waals surface area (Å²) in [5, 5.41) is 4.21. The Bertz CT molecular complexity index is 1120. The van der Waals surface area contributed by atoms with E-state index in [1.54, 1.807) is 0 Å². The van der Waals surface area contributed by atoms with E-state index in [1.807, 2.05) is 24.3 Å². The Morgan fingerprint density at radius 3 is 2.34 bits per heavy atom. The van der Waals surface area contributed by atoms with Crippen LogP contribution in [0.5, 0.6) is 0 Å². The molecule has 184 valence electrons. The predicted molar refractivity (Wildman–Crippen MR) is 138 cm³/mol. The Morgan fingerprint density at radius 2 is 1.63 bits per heavy atom. The summed E-state index contributed by atoms with van der Waals surface area (Å²) in [6, 6.07) is 17.0. The quantitative estimate of drug-likeness (QED) is 0.445. The van der Waals surface area contributed by atoms with Crippen LogP contribution in [-0.4, -0.2) is 40.1 Å². The average molecular weight is 473 g/mol. The fourth-order valence-corrected chi connectivity index (χ4v) is 5.47. The van der Waals surface area contributed by atoms with Gasteiger partial charge in [0.2, 0.25) is 17.6 Å². The van der Waals surface area contributed by atoms with Crippen molar-refractivity contribution in [2.75, 3.05) is 18.0 Å². The molecule has 1 unspecified atom stereocenters. The lowest BCUT2D eigenvalue weighted by molar-refractivity contribution is -0.140. The summed E-state index contributed by atoms with van der Waals surface area (Å²) in [5.74, 6) is 1.33. The largest absolute Gasteiger partial charge is 0.371 e. The number of nitrogens with zero attached hydrogens (tertiary/aromatic N) is 4. The summed E-state index contributed by atoms with van der Waals surface area (Å²) in [6.45, 7) is 6.33. The van der Waals surface area contributed by atoms with E-state index in [4.69, 9.17) is 4.52 Å². The van der Waals surface area contributed by atoms with Crippen LogP contribution < -0.4 is 4.90 Å². The molecule has 2 fully saturated rings. The van der Waals surface area contributed by atoms with Crippen molar-refractivity contribution >= 4 is 11.6 Å². The molecular formula is C29H36N4O2. The summed E-state index contributed by atoms with van der Waals surface area (Å²) in [5.41, 5.74) is 4.59. The number of hydrogen-bond acceptors (Lipinski definition) is 5. The molecule has 1 aliphatic carbocycles. The van der Waals surface area contributed by atoms with Crippen LogP contribution in [0.25, 0.3) is 11.4 Å². The van der Waals surface area contributed by atoms with Gasteiger partial charge in [-0.05, 0) is 51.7 Å². The van der Waals surface area contributed by atoms with Gasteiger partial charge in [-0.15, -0.1) is 0 Å². The third kappa shape index (κ3) is 5.58. The fraction of sp³-hybridized carbons (Fsp3) is 0.483. The molecule has 1 saturated heterocycles. The van der Waals surface area contributed by atoms with Crippen LogP contribution in [0.2, 0.25) is 0 Å². The molecule has 0 radical (unpaired) electrons. The van der Waals surface area contributed by atoms with Crippen molar-refractivity contribution in [3.8, 4) is 11.4 Å². The second-order valence-corrected chi connectivity index (χ2v) is 10.3.